The van der Waals surface area contributed by atoms with E-state index in [-0.39, 0.29) is 30.6 Å². The predicted molar refractivity (Wildman–Crippen MR) is 124 cm³/mol. The van der Waals surface area contributed by atoms with Gasteiger partial charge in [0.1, 0.15) is 0 Å². The fraction of sp³-hybridized carbons (Fsp3) is 0.478. The number of hydrogen-bond acceptors (Lipinski definition) is 4. The molecule has 0 atom stereocenters. The summed E-state index contributed by atoms with van der Waals surface area (Å²) in [4.78, 5) is 17.7. The van der Waals surface area contributed by atoms with Crippen molar-refractivity contribution in [2.45, 2.75) is 51.9 Å². The molecule has 2 aromatic carbocycles. The second-order valence-corrected chi connectivity index (χ2v) is 9.80. The molecule has 0 aliphatic carbocycles. The monoisotopic (exact) mass is 488 g/mol. The largest absolute Gasteiger partial charge is 0.573 e. The van der Waals surface area contributed by atoms with E-state index >= 15 is 0 Å². The Bertz CT molecular complexity index is 902. The average Bonchev–Trinajstić information content (AvgIpc) is 2.71. The van der Waals surface area contributed by atoms with Gasteiger partial charge in [0.2, 0.25) is 0 Å². The Labute approximate surface area is 192 Å². The van der Waals surface area contributed by atoms with Crippen molar-refractivity contribution in [3.8, 4) is 5.75 Å². The number of ether oxygens (including phenoxy) is 1. The lowest BCUT2D eigenvalue weighted by atomic mass is 10.1. The van der Waals surface area contributed by atoms with Crippen molar-refractivity contribution in [3.05, 3.63) is 59.2 Å². The van der Waals surface area contributed by atoms with Gasteiger partial charge in [0, 0.05) is 13.1 Å². The zero-order valence-corrected chi connectivity index (χ0v) is 19.6. The third kappa shape index (κ3) is 12.1. The molecule has 0 unspecified atom stereocenters. The number of nitrogens with one attached hydrogen (secondary N) is 2. The number of aryl methyl sites for hydroxylation is 2. The van der Waals surface area contributed by atoms with Crippen LogP contribution in [0, 0.1) is 6.92 Å². The first-order chi connectivity index (χ1) is 15.5. The van der Waals surface area contributed by atoms with Crippen LogP contribution in [0.25, 0.3) is 0 Å². The van der Waals surface area contributed by atoms with Crippen LogP contribution in [0.4, 0.5) is 18.9 Å². The molecule has 0 aliphatic heterocycles. The van der Waals surface area contributed by atoms with Crippen LogP contribution in [0.5, 0.6) is 5.75 Å². The van der Waals surface area contributed by atoms with Gasteiger partial charge in [-0.05, 0) is 62.4 Å². The summed E-state index contributed by atoms with van der Waals surface area (Å²) in [6.45, 7) is 3.17. The van der Waals surface area contributed by atoms with Gasteiger partial charge in [0.25, 0.3) is 0 Å². The molecular weight excluding hydrogens is 456 g/mol. The highest BCUT2D eigenvalue weighted by atomic mass is 31.2. The molecule has 10 heteroatoms. The van der Waals surface area contributed by atoms with Crippen LogP contribution in [0.2, 0.25) is 0 Å². The Balaban J connectivity index is 1.80. The third-order valence-electron chi connectivity index (χ3n) is 4.98. The smallest absolute Gasteiger partial charge is 0.404 e. The van der Waals surface area contributed by atoms with Crippen molar-refractivity contribution in [2.75, 3.05) is 24.6 Å². The normalized spacial score (nSPS) is 12.1. The predicted octanol–water partition coefficient (Wildman–Crippen LogP) is 5.38. The van der Waals surface area contributed by atoms with Crippen LogP contribution in [-0.4, -0.2) is 35.4 Å². The lowest BCUT2D eigenvalue weighted by Crippen LogP contribution is -2.19. The van der Waals surface area contributed by atoms with Crippen molar-refractivity contribution in [3.63, 3.8) is 0 Å². The minimum atomic E-state index is -4.81. The second-order valence-electron chi connectivity index (χ2n) is 8.02. The highest BCUT2D eigenvalue weighted by molar-refractivity contribution is 7.51. The van der Waals surface area contributed by atoms with Crippen molar-refractivity contribution >= 4 is 13.3 Å². The summed E-state index contributed by atoms with van der Waals surface area (Å²) in [7, 11) is -4.05. The van der Waals surface area contributed by atoms with Gasteiger partial charge in [-0.15, -0.1) is 13.2 Å². The molecule has 184 valence electrons. The Morgan fingerprint density at radius 3 is 2.30 bits per heavy atom. The number of halogens is 3. The highest BCUT2D eigenvalue weighted by Crippen LogP contribution is 2.34. The molecule has 2 aromatic rings. The van der Waals surface area contributed by atoms with Crippen molar-refractivity contribution in [1.82, 2.24) is 5.32 Å². The number of alkyl halides is 3. The molecule has 4 N–H and O–H groups in total. The SMILES string of the molecule is Cc1ccc(CCCCCNc2ccc(CNCCCP(=O)(O)O)cc2OC(F)(F)F)cc1. The highest BCUT2D eigenvalue weighted by Gasteiger charge is 2.32. The van der Waals surface area contributed by atoms with E-state index in [9.17, 15) is 17.7 Å². The average molecular weight is 488 g/mol. The molecule has 0 bridgehead atoms. The lowest BCUT2D eigenvalue weighted by molar-refractivity contribution is -0.274. The van der Waals surface area contributed by atoms with Crippen LogP contribution in [0.3, 0.4) is 0 Å². The van der Waals surface area contributed by atoms with E-state index in [1.54, 1.807) is 12.1 Å². The molecule has 0 saturated carbocycles. The molecule has 2 rings (SSSR count). The maximum absolute atomic E-state index is 12.9. The van der Waals surface area contributed by atoms with Crippen molar-refractivity contribution in [2.24, 2.45) is 0 Å². The van der Waals surface area contributed by atoms with Crippen LogP contribution in [-0.2, 0) is 17.5 Å². The van der Waals surface area contributed by atoms with Crippen LogP contribution < -0.4 is 15.4 Å². The van der Waals surface area contributed by atoms with Gasteiger partial charge in [0.05, 0.1) is 11.8 Å². The second kappa shape index (κ2) is 13.0. The minimum Gasteiger partial charge on any atom is -0.404 e. The van der Waals surface area contributed by atoms with Gasteiger partial charge in [-0.1, -0.05) is 42.3 Å². The minimum absolute atomic E-state index is 0.240. The first-order valence-corrected chi connectivity index (χ1v) is 12.7. The molecular formula is C23H32F3N2O4P. The van der Waals surface area contributed by atoms with E-state index in [0.29, 0.717) is 18.7 Å². The van der Waals surface area contributed by atoms with E-state index in [4.69, 9.17) is 9.79 Å². The zero-order chi connectivity index (χ0) is 24.3. The Kier molecular flexibility index (Phi) is 10.7. The van der Waals surface area contributed by atoms with Gasteiger partial charge < -0.3 is 25.2 Å². The Morgan fingerprint density at radius 1 is 0.939 bits per heavy atom. The van der Waals surface area contributed by atoms with Gasteiger partial charge in [0.15, 0.2) is 5.75 Å². The molecule has 0 amide bonds. The van der Waals surface area contributed by atoms with Crippen molar-refractivity contribution < 1.29 is 32.3 Å². The molecule has 0 radical (unpaired) electrons. The van der Waals surface area contributed by atoms with Gasteiger partial charge in [-0.3, -0.25) is 4.57 Å². The quantitative estimate of drug-likeness (QED) is 0.211. The van der Waals surface area contributed by atoms with Crippen LogP contribution in [0.1, 0.15) is 42.4 Å². The number of hydrogen-bond donors (Lipinski definition) is 4. The fourth-order valence-electron chi connectivity index (χ4n) is 3.28. The molecule has 0 fully saturated rings. The summed E-state index contributed by atoms with van der Waals surface area (Å²) in [5, 5.41) is 6.00. The van der Waals surface area contributed by atoms with E-state index < -0.39 is 14.0 Å². The maximum atomic E-state index is 12.9. The molecule has 6 nitrogen and oxygen atoms in total. The first-order valence-electron chi connectivity index (χ1n) is 11.0. The molecule has 0 spiro atoms. The summed E-state index contributed by atoms with van der Waals surface area (Å²) in [6.07, 6.45) is -1.04. The zero-order valence-electron chi connectivity index (χ0n) is 18.7. The van der Waals surface area contributed by atoms with Crippen LogP contribution >= 0.6 is 7.60 Å². The van der Waals surface area contributed by atoms with E-state index in [0.717, 1.165) is 25.7 Å². The van der Waals surface area contributed by atoms with Gasteiger partial charge >= 0.3 is 14.0 Å². The summed E-state index contributed by atoms with van der Waals surface area (Å²) >= 11 is 0. The number of anilines is 1. The standard InChI is InChI=1S/C23H32F3N2O4P/c1-18-7-9-19(10-8-18)6-3-2-4-14-28-21-12-11-20(16-22(21)32-23(24,25)26)17-27-13-5-15-33(29,30)31/h7-12,16,27-28H,2-6,13-15,17H2,1H3,(H2,29,30,31). The Hall–Kier alpha value is -2.06. The number of unbranched alkanes of at least 4 members (excludes halogenated alkanes) is 2. The fourth-order valence-corrected chi connectivity index (χ4v) is 3.85. The first kappa shape index (κ1) is 27.2. The lowest BCUT2D eigenvalue weighted by Gasteiger charge is -2.16. The summed E-state index contributed by atoms with van der Waals surface area (Å²) in [6, 6.07) is 13.0. The number of rotatable bonds is 14. The topological polar surface area (TPSA) is 90.8 Å². The van der Waals surface area contributed by atoms with E-state index in [2.05, 4.69) is 39.6 Å². The van der Waals surface area contributed by atoms with E-state index in [1.807, 2.05) is 6.92 Å². The summed E-state index contributed by atoms with van der Waals surface area (Å²) < 4.78 is 53.6. The number of benzene rings is 2. The van der Waals surface area contributed by atoms with E-state index in [1.165, 1.54) is 17.2 Å². The third-order valence-corrected chi connectivity index (χ3v) is 5.88. The molecule has 0 heterocycles. The van der Waals surface area contributed by atoms with Gasteiger partial charge in [-0.25, -0.2) is 0 Å². The van der Waals surface area contributed by atoms with Crippen molar-refractivity contribution in [1.29, 1.82) is 0 Å². The molecule has 0 aliphatic rings. The molecule has 0 aromatic heterocycles. The molecule has 0 saturated heterocycles. The molecule has 33 heavy (non-hydrogen) atoms. The maximum Gasteiger partial charge on any atom is 0.573 e. The summed E-state index contributed by atoms with van der Waals surface area (Å²) in [5.41, 5.74) is 3.35. The van der Waals surface area contributed by atoms with Crippen LogP contribution in [0.15, 0.2) is 42.5 Å². The Morgan fingerprint density at radius 2 is 1.64 bits per heavy atom. The summed E-state index contributed by atoms with van der Waals surface area (Å²) in [5.74, 6) is -0.295. The van der Waals surface area contributed by atoms with Gasteiger partial charge in [-0.2, -0.15) is 0 Å².